The van der Waals surface area contributed by atoms with Crippen molar-refractivity contribution in [3.05, 3.63) is 75.5 Å². The van der Waals surface area contributed by atoms with Crippen LogP contribution in [0.5, 0.6) is 5.75 Å². The molecule has 0 unspecified atom stereocenters. The predicted molar refractivity (Wildman–Crippen MR) is 124 cm³/mol. The van der Waals surface area contributed by atoms with E-state index in [2.05, 4.69) is 25.5 Å². The van der Waals surface area contributed by atoms with Gasteiger partial charge in [0.1, 0.15) is 28.5 Å². The number of carbonyl (C=O) groups excluding carboxylic acids is 1. The number of rotatable bonds is 7. The van der Waals surface area contributed by atoms with Gasteiger partial charge in [0.05, 0.1) is 18.9 Å². The van der Waals surface area contributed by atoms with Gasteiger partial charge in [0.2, 0.25) is 5.13 Å². The molecule has 36 heavy (non-hydrogen) atoms. The molecule has 0 bridgehead atoms. The normalized spacial score (nSPS) is 11.5. The second-order valence-corrected chi connectivity index (χ2v) is 8.08. The minimum absolute atomic E-state index is 0.00928. The maximum Gasteiger partial charge on any atom is 0.280 e. The summed E-state index contributed by atoms with van der Waals surface area (Å²) >= 11 is 1.06. The molecule has 4 rings (SSSR count). The number of amides is 1. The zero-order valence-electron chi connectivity index (χ0n) is 18.3. The highest BCUT2D eigenvalue weighted by atomic mass is 32.1. The van der Waals surface area contributed by atoms with Crippen molar-refractivity contribution in [2.24, 2.45) is 0 Å². The highest BCUT2D eigenvalue weighted by Crippen LogP contribution is 2.35. The number of nitrogens with one attached hydrogen (secondary N) is 1. The first-order valence-corrected chi connectivity index (χ1v) is 10.8. The number of anilines is 1. The SMILES string of the molecule is [B]C(O)(O)c1ccn(-c2cc(-c3cc(C(F)F)ncc3OC)c(C(=O)Nc3nncs3)cn2)c(=O)c1. The molecule has 15 heteroatoms. The molecule has 1 amide bonds. The van der Waals surface area contributed by atoms with E-state index >= 15 is 0 Å². The van der Waals surface area contributed by atoms with Gasteiger partial charge in [0.15, 0.2) is 7.85 Å². The summed E-state index contributed by atoms with van der Waals surface area (Å²) in [5.74, 6) is -0.600. The van der Waals surface area contributed by atoms with Gasteiger partial charge >= 0.3 is 0 Å². The van der Waals surface area contributed by atoms with Crippen molar-refractivity contribution >= 4 is 30.2 Å². The highest BCUT2D eigenvalue weighted by molar-refractivity contribution is 7.13. The van der Waals surface area contributed by atoms with Gasteiger partial charge < -0.3 is 14.9 Å². The van der Waals surface area contributed by atoms with E-state index in [0.29, 0.717) is 0 Å². The smallest absolute Gasteiger partial charge is 0.280 e. The van der Waals surface area contributed by atoms with Crippen LogP contribution in [-0.4, -0.2) is 55.8 Å². The molecule has 2 radical (unpaired) electrons. The summed E-state index contributed by atoms with van der Waals surface area (Å²) in [7, 11) is 6.51. The lowest BCUT2D eigenvalue weighted by molar-refractivity contribution is -0.0911. The molecule has 0 aliphatic rings. The highest BCUT2D eigenvalue weighted by Gasteiger charge is 2.23. The minimum atomic E-state index is -2.90. The number of pyridine rings is 3. The summed E-state index contributed by atoms with van der Waals surface area (Å²) in [4.78, 5) is 33.5. The summed E-state index contributed by atoms with van der Waals surface area (Å²) in [5.41, 5.74) is -2.76. The van der Waals surface area contributed by atoms with E-state index in [1.807, 2.05) is 0 Å². The van der Waals surface area contributed by atoms with Gasteiger partial charge in [-0.05, 0) is 18.2 Å². The van der Waals surface area contributed by atoms with Crippen molar-refractivity contribution in [3.8, 4) is 22.7 Å². The molecule has 0 aliphatic heterocycles. The molecular weight excluding hydrogens is 497 g/mol. The largest absolute Gasteiger partial charge is 0.494 e. The molecule has 182 valence electrons. The molecule has 4 aromatic heterocycles. The van der Waals surface area contributed by atoms with E-state index in [4.69, 9.17) is 12.6 Å². The molecule has 4 heterocycles. The first kappa shape index (κ1) is 25.0. The van der Waals surface area contributed by atoms with E-state index in [9.17, 15) is 28.6 Å². The summed E-state index contributed by atoms with van der Waals surface area (Å²) in [6.45, 7) is 0. The zero-order valence-corrected chi connectivity index (χ0v) is 19.1. The van der Waals surface area contributed by atoms with Crippen LogP contribution in [-0.2, 0) is 5.69 Å². The molecular formula is C21H15BF2N6O5S. The van der Waals surface area contributed by atoms with Crippen LogP contribution in [0.2, 0.25) is 0 Å². The Balaban J connectivity index is 1.90. The predicted octanol–water partition coefficient (Wildman–Crippen LogP) is 1.61. The molecule has 0 atom stereocenters. The number of carbonyl (C=O) groups is 1. The standard InChI is InChI=1S/C21H15BF2N6O5S/c1-35-15-8-25-14(18(23)24)5-12(15)11-6-16(30-3-2-10(4-17(30)31)21(22,33)34)26-7-13(11)19(32)28-20-29-27-9-36-20/h2-9,18,33-34H,1H3,(H,28,29,32). The minimum Gasteiger partial charge on any atom is -0.494 e. The van der Waals surface area contributed by atoms with Crippen LogP contribution in [0.15, 0.2) is 53.2 Å². The fourth-order valence-corrected chi connectivity index (χ4v) is 3.66. The maximum atomic E-state index is 13.4. The zero-order chi connectivity index (χ0) is 26.0. The monoisotopic (exact) mass is 512 g/mol. The Morgan fingerprint density at radius 1 is 1.22 bits per heavy atom. The van der Waals surface area contributed by atoms with Crippen molar-refractivity contribution in [1.29, 1.82) is 0 Å². The maximum absolute atomic E-state index is 13.4. The third-order valence-electron chi connectivity index (χ3n) is 4.93. The topological polar surface area (TPSA) is 152 Å². The van der Waals surface area contributed by atoms with Crippen LogP contribution in [0.3, 0.4) is 0 Å². The summed E-state index contributed by atoms with van der Waals surface area (Å²) < 4.78 is 33.2. The number of ether oxygens (including phenoxy) is 1. The molecule has 0 saturated heterocycles. The molecule has 3 N–H and O–H groups in total. The molecule has 0 spiro atoms. The lowest BCUT2D eigenvalue weighted by Gasteiger charge is -2.18. The van der Waals surface area contributed by atoms with E-state index < -0.39 is 29.3 Å². The van der Waals surface area contributed by atoms with Gasteiger partial charge in [0, 0.05) is 35.2 Å². The molecule has 0 fully saturated rings. The first-order valence-electron chi connectivity index (χ1n) is 9.95. The van der Waals surface area contributed by atoms with E-state index in [1.165, 1.54) is 30.9 Å². The van der Waals surface area contributed by atoms with Gasteiger partial charge in [-0.25, -0.2) is 13.8 Å². The molecule has 4 aromatic rings. The van der Waals surface area contributed by atoms with Gasteiger partial charge in [-0.2, -0.15) is 0 Å². The van der Waals surface area contributed by atoms with Gasteiger partial charge in [-0.1, -0.05) is 11.3 Å². The lowest BCUT2D eigenvalue weighted by Crippen LogP contribution is -2.28. The number of aromatic nitrogens is 5. The third-order valence-corrected chi connectivity index (χ3v) is 5.53. The quantitative estimate of drug-likeness (QED) is 0.248. The number of methoxy groups -OCH3 is 1. The Morgan fingerprint density at radius 3 is 2.61 bits per heavy atom. The van der Waals surface area contributed by atoms with E-state index in [0.717, 1.165) is 40.4 Å². The molecule has 0 aromatic carbocycles. The number of hydrogen-bond acceptors (Lipinski definition) is 10. The fraction of sp³-hybridized carbons (Fsp3) is 0.143. The van der Waals surface area contributed by atoms with Gasteiger partial charge in [0.25, 0.3) is 17.9 Å². The Kier molecular flexibility index (Phi) is 6.87. The van der Waals surface area contributed by atoms with Gasteiger partial charge in [-0.15, -0.1) is 10.2 Å². The second-order valence-electron chi connectivity index (χ2n) is 7.25. The summed E-state index contributed by atoms with van der Waals surface area (Å²) in [6.07, 6.45) is 0.522. The van der Waals surface area contributed by atoms with E-state index in [1.54, 1.807) is 0 Å². The van der Waals surface area contributed by atoms with Crippen molar-refractivity contribution < 1.29 is 28.5 Å². The summed E-state index contributed by atoms with van der Waals surface area (Å²) in [5, 5.41) is 29.2. The molecule has 0 saturated carbocycles. The van der Waals surface area contributed by atoms with Crippen molar-refractivity contribution in [2.45, 2.75) is 12.1 Å². The van der Waals surface area contributed by atoms with Crippen LogP contribution in [0, 0.1) is 0 Å². The van der Waals surface area contributed by atoms with Crippen molar-refractivity contribution in [2.75, 3.05) is 12.4 Å². The first-order chi connectivity index (χ1) is 17.1. The van der Waals surface area contributed by atoms with Gasteiger partial charge in [-0.3, -0.25) is 24.5 Å². The van der Waals surface area contributed by atoms with Crippen LogP contribution in [0.25, 0.3) is 16.9 Å². The number of alkyl halides is 2. The Bertz CT molecular complexity index is 1480. The lowest BCUT2D eigenvalue weighted by atomic mass is 9.88. The average molecular weight is 512 g/mol. The van der Waals surface area contributed by atoms with Crippen LogP contribution >= 0.6 is 11.3 Å². The molecule has 0 aliphatic carbocycles. The van der Waals surface area contributed by atoms with Crippen LogP contribution < -0.4 is 15.6 Å². The van der Waals surface area contributed by atoms with Crippen LogP contribution in [0.4, 0.5) is 13.9 Å². The Hall–Kier alpha value is -4.08. The Morgan fingerprint density at radius 2 is 2.00 bits per heavy atom. The summed E-state index contributed by atoms with van der Waals surface area (Å²) in [6, 6.07) is 4.45. The Labute approximate surface area is 206 Å². The van der Waals surface area contributed by atoms with Crippen molar-refractivity contribution in [1.82, 2.24) is 24.7 Å². The number of halogens is 2. The number of nitrogens with zero attached hydrogens (tertiary/aromatic N) is 5. The average Bonchev–Trinajstić information content (AvgIpc) is 3.35. The van der Waals surface area contributed by atoms with Crippen LogP contribution in [0.1, 0.15) is 28.0 Å². The van der Waals surface area contributed by atoms with Crippen molar-refractivity contribution in [3.63, 3.8) is 0 Å². The molecule has 11 nitrogen and oxygen atoms in total. The third kappa shape index (κ3) is 5.12. The van der Waals surface area contributed by atoms with E-state index in [-0.39, 0.29) is 39.0 Å². The second kappa shape index (κ2) is 9.89. The fourth-order valence-electron chi connectivity index (χ4n) is 3.22. The number of hydrogen-bond donors (Lipinski definition) is 3. The number of aliphatic hydroxyl groups is 2.